The van der Waals surface area contributed by atoms with Crippen LogP contribution in [0, 0.1) is 6.92 Å². The van der Waals surface area contributed by atoms with Gasteiger partial charge in [-0.2, -0.15) is 5.10 Å². The van der Waals surface area contributed by atoms with E-state index in [4.69, 9.17) is 23.2 Å². The van der Waals surface area contributed by atoms with Crippen molar-refractivity contribution >= 4 is 29.2 Å². The number of aromatic nitrogens is 2. The van der Waals surface area contributed by atoms with Gasteiger partial charge in [0.1, 0.15) is 5.69 Å². The Morgan fingerprint density at radius 1 is 1.12 bits per heavy atom. The molecule has 0 aliphatic rings. The van der Waals surface area contributed by atoms with Crippen molar-refractivity contribution in [2.45, 2.75) is 13.5 Å². The molecule has 1 N–H and O–H groups in total. The standard InChI is InChI=1S/C18H14Cl2N2O2/c1-11-2-4-12(5-3-11)16-9-17(18(23)24)22(21-16)10-13-8-14(19)6-7-15(13)20/h2-9H,10H2,1H3,(H,23,24). The zero-order valence-electron chi connectivity index (χ0n) is 12.8. The number of aromatic carboxylic acids is 1. The lowest BCUT2D eigenvalue weighted by molar-refractivity contribution is 0.0684. The van der Waals surface area contributed by atoms with Gasteiger partial charge in [-0.15, -0.1) is 0 Å². The number of nitrogens with zero attached hydrogens (tertiary/aromatic N) is 2. The van der Waals surface area contributed by atoms with Crippen molar-refractivity contribution in [1.29, 1.82) is 0 Å². The van der Waals surface area contributed by atoms with Crippen molar-refractivity contribution < 1.29 is 9.90 Å². The van der Waals surface area contributed by atoms with Crippen LogP contribution in [0.4, 0.5) is 0 Å². The predicted molar refractivity (Wildman–Crippen MR) is 94.9 cm³/mol. The maximum absolute atomic E-state index is 11.5. The molecule has 0 atom stereocenters. The van der Waals surface area contributed by atoms with Gasteiger partial charge in [0.25, 0.3) is 0 Å². The van der Waals surface area contributed by atoms with E-state index in [0.29, 0.717) is 21.3 Å². The fourth-order valence-electron chi connectivity index (χ4n) is 2.40. The van der Waals surface area contributed by atoms with Crippen LogP contribution in [0.15, 0.2) is 48.5 Å². The Bertz CT molecular complexity index is 902. The summed E-state index contributed by atoms with van der Waals surface area (Å²) in [6.45, 7) is 2.22. The van der Waals surface area contributed by atoms with Crippen LogP contribution in [0.3, 0.4) is 0 Å². The highest BCUT2D eigenvalue weighted by Crippen LogP contribution is 2.24. The molecule has 24 heavy (non-hydrogen) atoms. The summed E-state index contributed by atoms with van der Waals surface area (Å²) in [5.74, 6) is -1.04. The van der Waals surface area contributed by atoms with Crippen LogP contribution in [0.25, 0.3) is 11.3 Å². The number of rotatable bonds is 4. The van der Waals surface area contributed by atoms with Gasteiger partial charge in [-0.25, -0.2) is 4.79 Å². The molecular formula is C18H14Cl2N2O2. The lowest BCUT2D eigenvalue weighted by atomic mass is 10.1. The molecule has 1 aromatic heterocycles. The van der Waals surface area contributed by atoms with Crippen LogP contribution < -0.4 is 0 Å². The van der Waals surface area contributed by atoms with Gasteiger partial charge in [0.15, 0.2) is 0 Å². The molecule has 0 aliphatic heterocycles. The summed E-state index contributed by atoms with van der Waals surface area (Å²) in [7, 11) is 0. The first-order valence-electron chi connectivity index (χ1n) is 7.26. The molecular weight excluding hydrogens is 347 g/mol. The summed E-state index contributed by atoms with van der Waals surface area (Å²) >= 11 is 12.2. The molecule has 0 saturated heterocycles. The van der Waals surface area contributed by atoms with E-state index in [2.05, 4.69) is 5.10 Å². The van der Waals surface area contributed by atoms with E-state index < -0.39 is 5.97 Å². The van der Waals surface area contributed by atoms with E-state index in [1.807, 2.05) is 31.2 Å². The van der Waals surface area contributed by atoms with Crippen LogP contribution in [0.5, 0.6) is 0 Å². The molecule has 0 saturated carbocycles. The molecule has 6 heteroatoms. The van der Waals surface area contributed by atoms with Crippen LogP contribution >= 0.6 is 23.2 Å². The van der Waals surface area contributed by atoms with Gasteiger partial charge in [-0.05, 0) is 36.8 Å². The van der Waals surface area contributed by atoms with Gasteiger partial charge in [-0.1, -0.05) is 53.0 Å². The van der Waals surface area contributed by atoms with Crippen molar-refractivity contribution in [3.63, 3.8) is 0 Å². The van der Waals surface area contributed by atoms with E-state index in [0.717, 1.165) is 11.1 Å². The van der Waals surface area contributed by atoms with Crippen LogP contribution in [0.2, 0.25) is 10.0 Å². The highest BCUT2D eigenvalue weighted by atomic mass is 35.5. The Kier molecular flexibility index (Phi) is 4.60. The highest BCUT2D eigenvalue weighted by molar-refractivity contribution is 6.33. The zero-order valence-corrected chi connectivity index (χ0v) is 14.3. The average molecular weight is 361 g/mol. The molecule has 0 fully saturated rings. The maximum atomic E-state index is 11.5. The average Bonchev–Trinajstić information content (AvgIpc) is 2.96. The third-order valence-corrected chi connectivity index (χ3v) is 4.28. The lowest BCUT2D eigenvalue weighted by Gasteiger charge is -2.07. The van der Waals surface area contributed by atoms with E-state index in [9.17, 15) is 9.90 Å². The summed E-state index contributed by atoms with van der Waals surface area (Å²) in [6.07, 6.45) is 0. The monoisotopic (exact) mass is 360 g/mol. The number of benzene rings is 2. The van der Waals surface area contributed by atoms with E-state index in [-0.39, 0.29) is 12.2 Å². The first-order valence-corrected chi connectivity index (χ1v) is 8.02. The molecule has 122 valence electrons. The predicted octanol–water partition coefficient (Wildman–Crippen LogP) is 4.91. The zero-order chi connectivity index (χ0) is 17.3. The SMILES string of the molecule is Cc1ccc(-c2cc(C(=O)O)n(Cc3cc(Cl)ccc3Cl)n2)cc1. The molecule has 0 spiro atoms. The quantitative estimate of drug-likeness (QED) is 0.718. The minimum absolute atomic E-state index is 0.0987. The second-order valence-electron chi connectivity index (χ2n) is 5.48. The summed E-state index contributed by atoms with van der Waals surface area (Å²) in [4.78, 5) is 11.5. The first kappa shape index (κ1) is 16.6. The van der Waals surface area contributed by atoms with Crippen molar-refractivity contribution in [2.24, 2.45) is 0 Å². The molecule has 0 unspecified atom stereocenters. The molecule has 0 bridgehead atoms. The maximum Gasteiger partial charge on any atom is 0.354 e. The Morgan fingerprint density at radius 2 is 1.83 bits per heavy atom. The third kappa shape index (κ3) is 3.45. The Hall–Kier alpha value is -2.30. The van der Waals surface area contributed by atoms with Gasteiger partial charge in [0.05, 0.1) is 12.2 Å². The number of aryl methyl sites for hydroxylation is 1. The number of carboxylic acid groups (broad SMARTS) is 1. The summed E-state index contributed by atoms with van der Waals surface area (Å²) < 4.78 is 1.43. The van der Waals surface area contributed by atoms with Gasteiger partial charge in [0, 0.05) is 15.6 Å². The van der Waals surface area contributed by atoms with Crippen molar-refractivity contribution in [1.82, 2.24) is 9.78 Å². The lowest BCUT2D eigenvalue weighted by Crippen LogP contribution is -2.11. The number of hydrogen-bond donors (Lipinski definition) is 1. The number of carboxylic acids is 1. The Labute approximate surface area is 149 Å². The molecule has 4 nitrogen and oxygen atoms in total. The molecule has 0 radical (unpaired) electrons. The smallest absolute Gasteiger partial charge is 0.354 e. The Balaban J connectivity index is 2.02. The van der Waals surface area contributed by atoms with Gasteiger partial charge in [-0.3, -0.25) is 4.68 Å². The molecule has 2 aromatic carbocycles. The minimum atomic E-state index is -1.04. The number of halogens is 2. The second-order valence-corrected chi connectivity index (χ2v) is 6.32. The van der Waals surface area contributed by atoms with Crippen molar-refractivity contribution in [3.8, 4) is 11.3 Å². The van der Waals surface area contributed by atoms with E-state index in [1.54, 1.807) is 24.3 Å². The van der Waals surface area contributed by atoms with Crippen molar-refractivity contribution in [3.05, 3.63) is 75.4 Å². The van der Waals surface area contributed by atoms with Gasteiger partial charge in [0.2, 0.25) is 0 Å². The molecule has 3 rings (SSSR count). The second kappa shape index (κ2) is 6.67. The Morgan fingerprint density at radius 3 is 2.50 bits per heavy atom. The van der Waals surface area contributed by atoms with Crippen LogP contribution in [-0.4, -0.2) is 20.9 Å². The summed E-state index contributed by atoms with van der Waals surface area (Å²) in [5, 5.41) is 14.9. The van der Waals surface area contributed by atoms with Crippen molar-refractivity contribution in [2.75, 3.05) is 0 Å². The van der Waals surface area contributed by atoms with Gasteiger partial charge >= 0.3 is 5.97 Å². The number of hydrogen-bond acceptors (Lipinski definition) is 2. The largest absolute Gasteiger partial charge is 0.477 e. The van der Waals surface area contributed by atoms with E-state index >= 15 is 0 Å². The molecule has 1 heterocycles. The van der Waals surface area contributed by atoms with E-state index in [1.165, 1.54) is 4.68 Å². The fraction of sp³-hybridized carbons (Fsp3) is 0.111. The summed E-state index contributed by atoms with van der Waals surface area (Å²) in [6, 6.07) is 14.4. The topological polar surface area (TPSA) is 55.1 Å². The van der Waals surface area contributed by atoms with Crippen LogP contribution in [-0.2, 0) is 6.54 Å². The molecule has 0 amide bonds. The fourth-order valence-corrected chi connectivity index (χ4v) is 2.77. The minimum Gasteiger partial charge on any atom is -0.477 e. The highest BCUT2D eigenvalue weighted by Gasteiger charge is 2.16. The molecule has 3 aromatic rings. The first-order chi connectivity index (χ1) is 11.4. The number of carbonyl (C=O) groups is 1. The normalized spacial score (nSPS) is 10.8. The van der Waals surface area contributed by atoms with Gasteiger partial charge < -0.3 is 5.11 Å². The molecule has 0 aliphatic carbocycles. The third-order valence-electron chi connectivity index (χ3n) is 3.67. The van der Waals surface area contributed by atoms with Crippen LogP contribution in [0.1, 0.15) is 21.6 Å². The summed E-state index contributed by atoms with van der Waals surface area (Å²) in [5.41, 5.74) is 3.40.